The fraction of sp³-hybridized carbons (Fsp3) is 0.105. The smallest absolute Gasteiger partial charge is 0.0998 e. The second-order valence-electron chi connectivity index (χ2n) is 5.14. The quantitative estimate of drug-likeness (QED) is 0.623. The zero-order valence-electron chi connectivity index (χ0n) is 12.1. The molecule has 21 heavy (non-hydrogen) atoms. The van der Waals surface area contributed by atoms with Crippen molar-refractivity contribution in [3.05, 3.63) is 71.3 Å². The van der Waals surface area contributed by atoms with E-state index in [-0.39, 0.29) is 0 Å². The standard InChI is InChI=1S/C19H15NS/c1-13-7-9-18(14(2)11-13)21-19-10-8-15(12-20)16-5-3-4-6-17(16)19/h3-11H,1-2H3. The molecule has 0 aromatic heterocycles. The van der Waals surface area contributed by atoms with Crippen LogP contribution in [-0.2, 0) is 0 Å². The predicted octanol–water partition coefficient (Wildman–Crippen LogP) is 5.48. The van der Waals surface area contributed by atoms with Crippen LogP contribution in [0.5, 0.6) is 0 Å². The third-order valence-electron chi connectivity index (χ3n) is 3.55. The number of benzene rings is 3. The van der Waals surface area contributed by atoms with Gasteiger partial charge in [-0.3, -0.25) is 0 Å². The van der Waals surface area contributed by atoms with Crippen LogP contribution in [0.2, 0.25) is 0 Å². The number of nitriles is 1. The Morgan fingerprint density at radius 3 is 2.29 bits per heavy atom. The van der Waals surface area contributed by atoms with Crippen molar-refractivity contribution in [3.63, 3.8) is 0 Å². The Balaban J connectivity index is 2.12. The van der Waals surface area contributed by atoms with Crippen LogP contribution in [0.1, 0.15) is 16.7 Å². The van der Waals surface area contributed by atoms with Gasteiger partial charge < -0.3 is 0 Å². The van der Waals surface area contributed by atoms with E-state index in [4.69, 9.17) is 0 Å². The van der Waals surface area contributed by atoms with Crippen LogP contribution in [0.4, 0.5) is 0 Å². The molecule has 3 aromatic carbocycles. The Morgan fingerprint density at radius 1 is 0.857 bits per heavy atom. The van der Waals surface area contributed by atoms with E-state index in [1.54, 1.807) is 11.8 Å². The maximum absolute atomic E-state index is 9.23. The molecule has 2 heteroatoms. The highest BCUT2D eigenvalue weighted by Gasteiger charge is 2.08. The first kappa shape index (κ1) is 13.7. The van der Waals surface area contributed by atoms with Crippen molar-refractivity contribution in [2.45, 2.75) is 23.6 Å². The topological polar surface area (TPSA) is 23.8 Å². The maximum atomic E-state index is 9.23. The van der Waals surface area contributed by atoms with Crippen LogP contribution in [0.25, 0.3) is 10.8 Å². The molecule has 0 amide bonds. The summed E-state index contributed by atoms with van der Waals surface area (Å²) in [5.41, 5.74) is 3.30. The summed E-state index contributed by atoms with van der Waals surface area (Å²) in [6, 6.07) is 20.8. The Bertz CT molecular complexity index is 859. The lowest BCUT2D eigenvalue weighted by molar-refractivity contribution is 1.26. The molecule has 0 spiro atoms. The van der Waals surface area contributed by atoms with Crippen molar-refractivity contribution in [3.8, 4) is 6.07 Å². The lowest BCUT2D eigenvalue weighted by Crippen LogP contribution is -1.85. The van der Waals surface area contributed by atoms with E-state index in [1.807, 2.05) is 30.3 Å². The van der Waals surface area contributed by atoms with E-state index in [0.29, 0.717) is 0 Å². The number of hydrogen-bond acceptors (Lipinski definition) is 2. The summed E-state index contributed by atoms with van der Waals surface area (Å²) in [7, 11) is 0. The van der Waals surface area contributed by atoms with Crippen molar-refractivity contribution in [1.29, 1.82) is 5.26 Å². The summed E-state index contributed by atoms with van der Waals surface area (Å²) in [5.74, 6) is 0. The Labute approximate surface area is 129 Å². The Hall–Kier alpha value is -2.24. The molecule has 0 unspecified atom stereocenters. The number of rotatable bonds is 2. The Kier molecular flexibility index (Phi) is 3.68. The second kappa shape index (κ2) is 5.63. The fourth-order valence-electron chi connectivity index (χ4n) is 2.49. The van der Waals surface area contributed by atoms with E-state index in [2.05, 4.69) is 44.2 Å². The van der Waals surface area contributed by atoms with Gasteiger partial charge in [-0.25, -0.2) is 0 Å². The zero-order valence-corrected chi connectivity index (χ0v) is 12.9. The molecule has 3 rings (SSSR count). The second-order valence-corrected chi connectivity index (χ2v) is 6.22. The van der Waals surface area contributed by atoms with Gasteiger partial charge in [0.15, 0.2) is 0 Å². The minimum absolute atomic E-state index is 0.732. The van der Waals surface area contributed by atoms with Crippen molar-refractivity contribution in [1.82, 2.24) is 0 Å². The summed E-state index contributed by atoms with van der Waals surface area (Å²) < 4.78 is 0. The zero-order chi connectivity index (χ0) is 14.8. The largest absolute Gasteiger partial charge is 0.192 e. The van der Waals surface area contributed by atoms with Gasteiger partial charge in [0.2, 0.25) is 0 Å². The molecule has 0 aliphatic heterocycles. The van der Waals surface area contributed by atoms with Crippen LogP contribution < -0.4 is 0 Å². The maximum Gasteiger partial charge on any atom is 0.0998 e. The van der Waals surface area contributed by atoms with Crippen molar-refractivity contribution < 1.29 is 0 Å². The molecule has 3 aromatic rings. The minimum Gasteiger partial charge on any atom is -0.192 e. The van der Waals surface area contributed by atoms with Crippen LogP contribution in [-0.4, -0.2) is 0 Å². The lowest BCUT2D eigenvalue weighted by Gasteiger charge is -2.10. The highest BCUT2D eigenvalue weighted by molar-refractivity contribution is 7.99. The van der Waals surface area contributed by atoms with Gasteiger partial charge in [-0.05, 0) is 43.0 Å². The highest BCUT2D eigenvalue weighted by atomic mass is 32.2. The average molecular weight is 289 g/mol. The number of hydrogen-bond donors (Lipinski definition) is 0. The van der Waals surface area contributed by atoms with Gasteiger partial charge in [-0.1, -0.05) is 53.7 Å². The third kappa shape index (κ3) is 2.66. The first-order valence-corrected chi connectivity index (χ1v) is 7.67. The SMILES string of the molecule is Cc1ccc(Sc2ccc(C#N)c3ccccc23)c(C)c1. The summed E-state index contributed by atoms with van der Waals surface area (Å²) >= 11 is 1.76. The molecule has 0 aliphatic rings. The predicted molar refractivity (Wildman–Crippen MR) is 88.7 cm³/mol. The van der Waals surface area contributed by atoms with E-state index < -0.39 is 0 Å². The summed E-state index contributed by atoms with van der Waals surface area (Å²) in [4.78, 5) is 2.45. The average Bonchev–Trinajstić information content (AvgIpc) is 2.50. The van der Waals surface area contributed by atoms with Crippen molar-refractivity contribution in [2.75, 3.05) is 0 Å². The molecule has 0 saturated carbocycles. The number of aryl methyl sites for hydroxylation is 2. The van der Waals surface area contributed by atoms with Gasteiger partial charge in [-0.15, -0.1) is 0 Å². The molecular weight excluding hydrogens is 274 g/mol. The van der Waals surface area contributed by atoms with E-state index in [9.17, 15) is 5.26 Å². The number of fused-ring (bicyclic) bond motifs is 1. The van der Waals surface area contributed by atoms with Crippen LogP contribution >= 0.6 is 11.8 Å². The lowest BCUT2D eigenvalue weighted by atomic mass is 10.1. The Morgan fingerprint density at radius 2 is 1.57 bits per heavy atom. The molecule has 0 N–H and O–H groups in total. The van der Waals surface area contributed by atoms with E-state index in [0.717, 1.165) is 16.3 Å². The molecule has 0 radical (unpaired) electrons. The minimum atomic E-state index is 0.732. The van der Waals surface area contributed by atoms with Gasteiger partial charge in [0.25, 0.3) is 0 Å². The van der Waals surface area contributed by atoms with Gasteiger partial charge >= 0.3 is 0 Å². The molecule has 102 valence electrons. The van der Waals surface area contributed by atoms with E-state index >= 15 is 0 Å². The molecule has 0 bridgehead atoms. The highest BCUT2D eigenvalue weighted by Crippen LogP contribution is 2.36. The molecular formula is C19H15NS. The first-order chi connectivity index (χ1) is 10.2. The van der Waals surface area contributed by atoms with E-state index in [1.165, 1.54) is 20.9 Å². The molecule has 0 atom stereocenters. The third-order valence-corrected chi connectivity index (χ3v) is 4.81. The van der Waals surface area contributed by atoms with Gasteiger partial charge in [0, 0.05) is 15.2 Å². The summed E-state index contributed by atoms with van der Waals surface area (Å²) in [5, 5.41) is 11.4. The van der Waals surface area contributed by atoms with Crippen LogP contribution in [0, 0.1) is 25.2 Å². The molecule has 0 saturated heterocycles. The summed E-state index contributed by atoms with van der Waals surface area (Å²) in [6.45, 7) is 4.25. The van der Waals surface area contributed by atoms with Gasteiger partial charge in [0.1, 0.15) is 0 Å². The van der Waals surface area contributed by atoms with Crippen LogP contribution in [0.3, 0.4) is 0 Å². The first-order valence-electron chi connectivity index (χ1n) is 6.86. The molecule has 0 heterocycles. The van der Waals surface area contributed by atoms with Crippen molar-refractivity contribution in [2.24, 2.45) is 0 Å². The molecule has 0 aliphatic carbocycles. The normalized spacial score (nSPS) is 10.5. The van der Waals surface area contributed by atoms with Gasteiger partial charge in [-0.2, -0.15) is 5.26 Å². The fourth-order valence-corrected chi connectivity index (χ4v) is 3.51. The summed E-state index contributed by atoms with van der Waals surface area (Å²) in [6.07, 6.45) is 0. The van der Waals surface area contributed by atoms with Crippen molar-refractivity contribution >= 4 is 22.5 Å². The van der Waals surface area contributed by atoms with Crippen LogP contribution in [0.15, 0.2) is 64.4 Å². The number of nitrogens with zero attached hydrogens (tertiary/aromatic N) is 1. The molecule has 0 fully saturated rings. The van der Waals surface area contributed by atoms with Gasteiger partial charge in [0.05, 0.1) is 11.6 Å². The molecule has 1 nitrogen and oxygen atoms in total. The monoisotopic (exact) mass is 289 g/mol.